The van der Waals surface area contributed by atoms with Crippen LogP contribution in [0.3, 0.4) is 0 Å². The van der Waals surface area contributed by atoms with Crippen molar-refractivity contribution in [2.75, 3.05) is 6.26 Å². The Morgan fingerprint density at radius 3 is 2.56 bits per heavy atom. The third-order valence-electron chi connectivity index (χ3n) is 1.81. The summed E-state index contributed by atoms with van der Waals surface area (Å²) >= 11 is 0. The van der Waals surface area contributed by atoms with Gasteiger partial charge < -0.3 is 9.29 Å². The Kier molecular flexibility index (Phi) is 3.66. The molecule has 16 heavy (non-hydrogen) atoms. The van der Waals surface area contributed by atoms with Crippen LogP contribution in [-0.4, -0.2) is 25.6 Å². The van der Waals surface area contributed by atoms with Crippen molar-refractivity contribution in [3.05, 3.63) is 29.8 Å². The van der Waals surface area contributed by atoms with Crippen LogP contribution in [0, 0.1) is 0 Å². The first-order valence-electron chi connectivity index (χ1n) is 4.47. The van der Waals surface area contributed by atoms with Crippen LogP contribution in [0.1, 0.15) is 18.6 Å². The minimum Gasteiger partial charge on any atom is -0.383 e. The highest BCUT2D eigenvalue weighted by Gasteiger charge is 2.14. The van der Waals surface area contributed by atoms with Gasteiger partial charge in [-0.3, -0.25) is 4.79 Å². The first kappa shape index (κ1) is 12.7. The van der Waals surface area contributed by atoms with E-state index >= 15 is 0 Å². The van der Waals surface area contributed by atoms with E-state index in [4.69, 9.17) is 0 Å². The molecule has 0 aliphatic heterocycles. The number of Topliss-reactive ketones (excluding diaryl/α,β-unsaturated/α-hetero) is 1. The third-order valence-corrected chi connectivity index (χ3v) is 2.30. The number of benzene rings is 1. The predicted octanol–water partition coefficient (Wildman–Crippen LogP) is 0.647. The number of aliphatic hydroxyl groups excluding tert-OH is 1. The van der Waals surface area contributed by atoms with Crippen molar-refractivity contribution in [1.29, 1.82) is 0 Å². The van der Waals surface area contributed by atoms with Crippen LogP contribution < -0.4 is 4.18 Å². The van der Waals surface area contributed by atoms with Crippen LogP contribution >= 0.6 is 0 Å². The number of aliphatic hydroxyl groups is 1. The minimum atomic E-state index is -3.61. The molecule has 0 heterocycles. The van der Waals surface area contributed by atoms with Gasteiger partial charge in [0, 0.05) is 0 Å². The lowest BCUT2D eigenvalue weighted by atomic mass is 10.1. The third kappa shape index (κ3) is 3.63. The molecule has 0 spiro atoms. The van der Waals surface area contributed by atoms with Crippen LogP contribution in [0.5, 0.6) is 5.75 Å². The summed E-state index contributed by atoms with van der Waals surface area (Å²) in [5.74, 6) is -0.350. The van der Waals surface area contributed by atoms with Crippen LogP contribution in [-0.2, 0) is 14.9 Å². The highest BCUT2D eigenvalue weighted by atomic mass is 32.2. The Morgan fingerprint density at radius 2 is 2.06 bits per heavy atom. The second kappa shape index (κ2) is 4.63. The topological polar surface area (TPSA) is 80.7 Å². The fraction of sp³-hybridized carbons (Fsp3) is 0.300. The summed E-state index contributed by atoms with van der Waals surface area (Å²) in [5.41, 5.74) is 0.300. The molecule has 1 N–H and O–H groups in total. The molecule has 0 aliphatic carbocycles. The molecular formula is C10H12O5S. The second-order valence-corrected chi connectivity index (χ2v) is 4.95. The molecule has 0 aromatic heterocycles. The van der Waals surface area contributed by atoms with Gasteiger partial charge in [-0.05, 0) is 24.6 Å². The minimum absolute atomic E-state index is 0.0697. The molecular weight excluding hydrogens is 232 g/mol. The van der Waals surface area contributed by atoms with Gasteiger partial charge in [0.05, 0.1) is 6.26 Å². The maximum Gasteiger partial charge on any atom is 0.306 e. The zero-order valence-corrected chi connectivity index (χ0v) is 9.69. The SMILES string of the molecule is CC(=O)C(O)c1cccc(OS(C)(=O)=O)c1. The smallest absolute Gasteiger partial charge is 0.306 e. The molecule has 0 amide bonds. The standard InChI is InChI=1S/C10H12O5S/c1-7(11)10(12)8-4-3-5-9(6-8)15-16(2,13)14/h3-6,10,12H,1-2H3. The first-order chi connectivity index (χ1) is 7.29. The van der Waals surface area contributed by atoms with Gasteiger partial charge in [0.15, 0.2) is 5.78 Å². The molecule has 0 aliphatic rings. The van der Waals surface area contributed by atoms with Gasteiger partial charge in [-0.15, -0.1) is 0 Å². The van der Waals surface area contributed by atoms with Gasteiger partial charge in [0.25, 0.3) is 0 Å². The van der Waals surface area contributed by atoms with Crippen LogP contribution in [0.15, 0.2) is 24.3 Å². The van der Waals surface area contributed by atoms with Gasteiger partial charge >= 0.3 is 10.1 Å². The van der Waals surface area contributed by atoms with Gasteiger partial charge in [0.1, 0.15) is 11.9 Å². The molecule has 1 atom stereocenters. The quantitative estimate of drug-likeness (QED) is 0.786. The molecule has 0 saturated heterocycles. The van der Waals surface area contributed by atoms with Crippen molar-refractivity contribution >= 4 is 15.9 Å². The summed E-state index contributed by atoms with van der Waals surface area (Å²) in [6.07, 6.45) is -0.343. The predicted molar refractivity (Wildman–Crippen MR) is 57.6 cm³/mol. The molecule has 1 rings (SSSR count). The van der Waals surface area contributed by atoms with E-state index < -0.39 is 22.0 Å². The van der Waals surface area contributed by atoms with E-state index in [-0.39, 0.29) is 5.75 Å². The Hall–Kier alpha value is -1.40. The normalized spacial score (nSPS) is 13.2. The van der Waals surface area contributed by atoms with Crippen molar-refractivity contribution in [1.82, 2.24) is 0 Å². The average Bonchev–Trinajstić information content (AvgIpc) is 2.14. The Morgan fingerprint density at radius 1 is 1.44 bits per heavy atom. The Balaban J connectivity index is 3.00. The number of carbonyl (C=O) groups is 1. The number of rotatable bonds is 4. The zero-order chi connectivity index (χ0) is 12.3. The van der Waals surface area contributed by atoms with E-state index in [9.17, 15) is 18.3 Å². The van der Waals surface area contributed by atoms with Gasteiger partial charge in [-0.1, -0.05) is 12.1 Å². The van der Waals surface area contributed by atoms with Crippen molar-refractivity contribution in [3.63, 3.8) is 0 Å². The van der Waals surface area contributed by atoms with Gasteiger partial charge in [0.2, 0.25) is 0 Å². The summed E-state index contributed by atoms with van der Waals surface area (Å²) in [6, 6.07) is 5.76. The lowest BCUT2D eigenvalue weighted by Crippen LogP contribution is -2.09. The van der Waals surface area contributed by atoms with E-state index in [1.807, 2.05) is 0 Å². The molecule has 0 saturated carbocycles. The molecule has 0 fully saturated rings. The summed E-state index contributed by atoms with van der Waals surface area (Å²) in [7, 11) is -3.61. The van der Waals surface area contributed by atoms with Crippen LogP contribution in [0.2, 0.25) is 0 Å². The molecule has 1 aromatic carbocycles. The Labute approximate surface area is 93.8 Å². The summed E-state index contributed by atoms with van der Waals surface area (Å²) in [5, 5.41) is 9.47. The van der Waals surface area contributed by atoms with Crippen molar-refractivity contribution in [3.8, 4) is 5.75 Å². The van der Waals surface area contributed by atoms with Crippen molar-refractivity contribution < 1.29 is 22.5 Å². The van der Waals surface area contributed by atoms with E-state index in [1.54, 1.807) is 0 Å². The van der Waals surface area contributed by atoms with Gasteiger partial charge in [-0.25, -0.2) is 0 Å². The van der Waals surface area contributed by atoms with E-state index in [0.29, 0.717) is 5.56 Å². The highest BCUT2D eigenvalue weighted by molar-refractivity contribution is 7.86. The monoisotopic (exact) mass is 244 g/mol. The molecule has 88 valence electrons. The molecule has 5 nitrogen and oxygen atoms in total. The van der Waals surface area contributed by atoms with Crippen LogP contribution in [0.4, 0.5) is 0 Å². The largest absolute Gasteiger partial charge is 0.383 e. The lowest BCUT2D eigenvalue weighted by molar-refractivity contribution is -0.125. The highest BCUT2D eigenvalue weighted by Crippen LogP contribution is 2.20. The van der Waals surface area contributed by atoms with Crippen LogP contribution in [0.25, 0.3) is 0 Å². The summed E-state index contributed by atoms with van der Waals surface area (Å²) in [4.78, 5) is 10.9. The first-order valence-corrected chi connectivity index (χ1v) is 6.29. The van der Waals surface area contributed by atoms with E-state index in [0.717, 1.165) is 6.26 Å². The average molecular weight is 244 g/mol. The van der Waals surface area contributed by atoms with E-state index in [1.165, 1.54) is 31.2 Å². The van der Waals surface area contributed by atoms with Crippen molar-refractivity contribution in [2.45, 2.75) is 13.0 Å². The molecule has 0 bridgehead atoms. The number of ketones is 1. The van der Waals surface area contributed by atoms with Gasteiger partial charge in [-0.2, -0.15) is 8.42 Å². The van der Waals surface area contributed by atoms with Crippen molar-refractivity contribution in [2.24, 2.45) is 0 Å². The second-order valence-electron chi connectivity index (χ2n) is 3.37. The zero-order valence-electron chi connectivity index (χ0n) is 8.88. The molecule has 1 unspecified atom stereocenters. The Bertz CT molecular complexity index is 492. The number of hydrogen-bond donors (Lipinski definition) is 1. The molecule has 0 radical (unpaired) electrons. The fourth-order valence-corrected chi connectivity index (χ4v) is 1.60. The summed E-state index contributed by atoms with van der Waals surface area (Å²) < 4.78 is 26.4. The maximum atomic E-state index is 10.9. The number of hydrogen-bond acceptors (Lipinski definition) is 5. The number of carbonyl (C=O) groups excluding carboxylic acids is 1. The fourth-order valence-electron chi connectivity index (χ4n) is 1.15. The van der Waals surface area contributed by atoms with E-state index in [2.05, 4.69) is 4.18 Å². The maximum absolute atomic E-state index is 10.9. The molecule has 1 aromatic rings. The summed E-state index contributed by atoms with van der Waals surface area (Å²) in [6.45, 7) is 1.24. The molecule has 6 heteroatoms. The lowest BCUT2D eigenvalue weighted by Gasteiger charge is -2.09.